The van der Waals surface area contributed by atoms with Crippen LogP contribution in [0.3, 0.4) is 0 Å². The van der Waals surface area contributed by atoms with E-state index in [0.29, 0.717) is 11.3 Å². The number of carbonyl (C=O) groups is 1. The molecule has 1 aromatic carbocycles. The zero-order valence-electron chi connectivity index (χ0n) is 9.08. The number of hydrogen-bond acceptors (Lipinski definition) is 2. The van der Waals surface area contributed by atoms with Crippen molar-refractivity contribution in [1.82, 2.24) is 0 Å². The molecule has 0 aliphatic rings. The Bertz CT molecular complexity index is 520. The molecule has 3 heteroatoms. The molecule has 2 nitrogen and oxygen atoms in total. The van der Waals surface area contributed by atoms with Crippen LogP contribution in [0.1, 0.15) is 23.0 Å². The highest BCUT2D eigenvalue weighted by Crippen LogP contribution is 2.28. The summed E-state index contributed by atoms with van der Waals surface area (Å²) in [5.74, 6) is 0.128. The Morgan fingerprint density at radius 2 is 2.00 bits per heavy atom. The zero-order valence-corrected chi connectivity index (χ0v) is 9.08. The lowest BCUT2D eigenvalue weighted by Crippen LogP contribution is -1.88. The van der Waals surface area contributed by atoms with Crippen molar-refractivity contribution in [3.8, 4) is 11.3 Å². The largest absolute Gasteiger partial charge is 0.453 e. The van der Waals surface area contributed by atoms with E-state index in [1.807, 2.05) is 0 Å². The highest BCUT2D eigenvalue weighted by Gasteiger charge is 2.13. The van der Waals surface area contributed by atoms with Crippen LogP contribution in [0.4, 0.5) is 4.39 Å². The molecule has 2 rings (SSSR count). The van der Waals surface area contributed by atoms with Gasteiger partial charge in [0.25, 0.3) is 0 Å². The number of aryl methyl sites for hydroxylation is 1. The van der Waals surface area contributed by atoms with Gasteiger partial charge in [0, 0.05) is 6.92 Å². The van der Waals surface area contributed by atoms with Crippen LogP contribution in [0.25, 0.3) is 11.3 Å². The number of ketones is 1. The second kappa shape index (κ2) is 3.93. The Morgan fingerprint density at radius 1 is 1.25 bits per heavy atom. The number of rotatable bonds is 2. The highest BCUT2D eigenvalue weighted by molar-refractivity contribution is 5.91. The lowest BCUT2D eigenvalue weighted by Gasteiger charge is -2.03. The summed E-state index contributed by atoms with van der Waals surface area (Å²) in [7, 11) is 0. The molecule has 0 amide bonds. The molecule has 0 saturated heterocycles. The van der Waals surface area contributed by atoms with Crippen molar-refractivity contribution in [2.24, 2.45) is 0 Å². The molecule has 0 atom stereocenters. The lowest BCUT2D eigenvalue weighted by molar-refractivity contribution is 0.0988. The Labute approximate surface area is 92.7 Å². The van der Waals surface area contributed by atoms with Gasteiger partial charge in [-0.1, -0.05) is 12.1 Å². The number of furan rings is 1. The van der Waals surface area contributed by atoms with Crippen LogP contribution < -0.4 is 0 Å². The van der Waals surface area contributed by atoms with Crippen LogP contribution in [0.5, 0.6) is 0 Å². The molecule has 0 aliphatic heterocycles. The van der Waals surface area contributed by atoms with E-state index in [1.165, 1.54) is 13.0 Å². The van der Waals surface area contributed by atoms with Crippen molar-refractivity contribution >= 4 is 5.78 Å². The molecule has 0 spiro atoms. The lowest BCUT2D eigenvalue weighted by atomic mass is 10.1. The van der Waals surface area contributed by atoms with Crippen LogP contribution in [-0.4, -0.2) is 5.78 Å². The van der Waals surface area contributed by atoms with E-state index in [-0.39, 0.29) is 17.4 Å². The van der Waals surface area contributed by atoms with Crippen LogP contribution >= 0.6 is 0 Å². The van der Waals surface area contributed by atoms with Crippen LogP contribution in [0.2, 0.25) is 0 Å². The van der Waals surface area contributed by atoms with Crippen LogP contribution in [-0.2, 0) is 0 Å². The maximum atomic E-state index is 13.6. The first-order valence-corrected chi connectivity index (χ1v) is 4.96. The van der Waals surface area contributed by atoms with Gasteiger partial charge >= 0.3 is 0 Å². The first kappa shape index (κ1) is 10.6. The maximum absolute atomic E-state index is 13.6. The summed E-state index contributed by atoms with van der Waals surface area (Å²) in [6.07, 6.45) is 0. The third-order valence-electron chi connectivity index (χ3n) is 2.42. The fraction of sp³-hybridized carbons (Fsp3) is 0.154. The molecular weight excluding hydrogens is 207 g/mol. The van der Waals surface area contributed by atoms with E-state index >= 15 is 0 Å². The zero-order chi connectivity index (χ0) is 11.7. The topological polar surface area (TPSA) is 30.2 Å². The minimum Gasteiger partial charge on any atom is -0.453 e. The van der Waals surface area contributed by atoms with Gasteiger partial charge in [-0.3, -0.25) is 4.79 Å². The first-order chi connectivity index (χ1) is 7.59. The fourth-order valence-electron chi connectivity index (χ4n) is 1.61. The molecule has 0 radical (unpaired) electrons. The molecule has 0 saturated carbocycles. The molecule has 82 valence electrons. The molecule has 2 aromatic rings. The summed E-state index contributed by atoms with van der Waals surface area (Å²) in [5.41, 5.74) is 1.19. The van der Waals surface area contributed by atoms with Gasteiger partial charge in [0.2, 0.25) is 0 Å². The molecule has 0 unspecified atom stereocenters. The maximum Gasteiger partial charge on any atom is 0.194 e. The van der Waals surface area contributed by atoms with E-state index in [2.05, 4.69) is 0 Å². The van der Waals surface area contributed by atoms with Gasteiger partial charge in [0.1, 0.15) is 11.6 Å². The van der Waals surface area contributed by atoms with Gasteiger partial charge in [0.15, 0.2) is 11.5 Å². The molecule has 0 aliphatic carbocycles. The molecule has 1 aromatic heterocycles. The van der Waals surface area contributed by atoms with Crippen LogP contribution in [0, 0.1) is 12.7 Å². The van der Waals surface area contributed by atoms with E-state index < -0.39 is 0 Å². The third kappa shape index (κ3) is 1.76. The Balaban J connectivity index is 2.54. The summed E-state index contributed by atoms with van der Waals surface area (Å²) in [5, 5.41) is 0. The fourth-order valence-corrected chi connectivity index (χ4v) is 1.61. The van der Waals surface area contributed by atoms with Crippen molar-refractivity contribution in [3.05, 3.63) is 47.5 Å². The normalized spacial score (nSPS) is 10.4. The summed E-state index contributed by atoms with van der Waals surface area (Å²) in [4.78, 5) is 11.1. The van der Waals surface area contributed by atoms with E-state index in [4.69, 9.17) is 4.42 Å². The van der Waals surface area contributed by atoms with Crippen molar-refractivity contribution in [2.75, 3.05) is 0 Å². The molecule has 0 fully saturated rings. The predicted octanol–water partition coefficient (Wildman–Crippen LogP) is 3.60. The summed E-state index contributed by atoms with van der Waals surface area (Å²) in [6, 6.07) is 7.99. The molecule has 1 heterocycles. The number of Topliss-reactive ketones (excluding diaryl/α,β-unsaturated/α-hetero) is 1. The standard InChI is InChI=1S/C13H11FO2/c1-8-4-3-5-10(14)13(8)12-7-6-11(16-12)9(2)15/h3-7H,1-2H3. The van der Waals surface area contributed by atoms with Crippen LogP contribution in [0.15, 0.2) is 34.7 Å². The van der Waals surface area contributed by atoms with Gasteiger partial charge < -0.3 is 4.42 Å². The van der Waals surface area contributed by atoms with Gasteiger partial charge in [-0.05, 0) is 30.7 Å². The van der Waals surface area contributed by atoms with Gasteiger partial charge in [-0.25, -0.2) is 4.39 Å². The Kier molecular flexibility index (Phi) is 2.60. The summed E-state index contributed by atoms with van der Waals surface area (Å²) in [6.45, 7) is 3.21. The van der Waals surface area contributed by atoms with Crippen molar-refractivity contribution in [3.63, 3.8) is 0 Å². The SMILES string of the molecule is CC(=O)c1ccc(-c2c(C)cccc2F)o1. The second-order valence-corrected chi connectivity index (χ2v) is 3.65. The van der Waals surface area contributed by atoms with Gasteiger partial charge in [-0.15, -0.1) is 0 Å². The monoisotopic (exact) mass is 218 g/mol. The highest BCUT2D eigenvalue weighted by atomic mass is 19.1. The number of carbonyl (C=O) groups excluding carboxylic acids is 1. The minimum absolute atomic E-state index is 0.166. The quantitative estimate of drug-likeness (QED) is 0.721. The van der Waals surface area contributed by atoms with E-state index in [9.17, 15) is 9.18 Å². The van der Waals surface area contributed by atoms with Crippen molar-refractivity contribution in [1.29, 1.82) is 0 Å². The predicted molar refractivity (Wildman–Crippen MR) is 58.8 cm³/mol. The summed E-state index contributed by atoms with van der Waals surface area (Å²) >= 11 is 0. The second-order valence-electron chi connectivity index (χ2n) is 3.65. The molecule has 0 bridgehead atoms. The number of halogens is 1. The van der Waals surface area contributed by atoms with Gasteiger partial charge in [-0.2, -0.15) is 0 Å². The third-order valence-corrected chi connectivity index (χ3v) is 2.42. The number of hydrogen-bond donors (Lipinski definition) is 0. The average molecular weight is 218 g/mol. The van der Waals surface area contributed by atoms with Crippen molar-refractivity contribution in [2.45, 2.75) is 13.8 Å². The van der Waals surface area contributed by atoms with E-state index in [0.717, 1.165) is 5.56 Å². The summed E-state index contributed by atoms with van der Waals surface area (Å²) < 4.78 is 18.9. The molecule has 16 heavy (non-hydrogen) atoms. The number of benzene rings is 1. The molecular formula is C13H11FO2. The molecule has 0 N–H and O–H groups in total. The van der Waals surface area contributed by atoms with Crippen molar-refractivity contribution < 1.29 is 13.6 Å². The average Bonchev–Trinajstić information content (AvgIpc) is 2.66. The Morgan fingerprint density at radius 3 is 2.56 bits per heavy atom. The van der Waals surface area contributed by atoms with E-state index in [1.54, 1.807) is 31.2 Å². The first-order valence-electron chi connectivity index (χ1n) is 4.96. The smallest absolute Gasteiger partial charge is 0.194 e. The minimum atomic E-state index is -0.343. The van der Waals surface area contributed by atoms with Gasteiger partial charge in [0.05, 0.1) is 5.56 Å². The Hall–Kier alpha value is -1.90.